The summed E-state index contributed by atoms with van der Waals surface area (Å²) in [6, 6.07) is 10.0. The summed E-state index contributed by atoms with van der Waals surface area (Å²) in [4.78, 5) is 8.86. The predicted octanol–water partition coefficient (Wildman–Crippen LogP) is 3.04. The van der Waals surface area contributed by atoms with Crippen LogP contribution in [0.1, 0.15) is 17.0 Å². The van der Waals surface area contributed by atoms with Gasteiger partial charge in [0, 0.05) is 17.1 Å². The number of thioether (sulfide) groups is 1. The van der Waals surface area contributed by atoms with E-state index in [0.717, 1.165) is 28.0 Å². The van der Waals surface area contributed by atoms with E-state index in [0.29, 0.717) is 5.78 Å². The maximum absolute atomic E-state index is 5.15. The van der Waals surface area contributed by atoms with Gasteiger partial charge in [0.15, 0.2) is 0 Å². The van der Waals surface area contributed by atoms with Crippen molar-refractivity contribution < 1.29 is 4.74 Å². The summed E-state index contributed by atoms with van der Waals surface area (Å²) in [6.07, 6.45) is 0. The van der Waals surface area contributed by atoms with Gasteiger partial charge < -0.3 is 4.74 Å². The minimum Gasteiger partial charge on any atom is -0.497 e. The molecule has 0 N–H and O–H groups in total. The van der Waals surface area contributed by atoms with Crippen LogP contribution in [0.15, 0.2) is 35.5 Å². The monoisotopic (exact) mass is 300 g/mol. The van der Waals surface area contributed by atoms with Crippen LogP contribution in [-0.2, 0) is 5.75 Å². The molecule has 6 heteroatoms. The zero-order valence-corrected chi connectivity index (χ0v) is 13.0. The molecule has 1 aromatic carbocycles. The molecular weight excluding hydrogens is 284 g/mol. The summed E-state index contributed by atoms with van der Waals surface area (Å²) < 4.78 is 6.93. The van der Waals surface area contributed by atoms with Crippen molar-refractivity contribution in [3.63, 3.8) is 0 Å². The lowest BCUT2D eigenvalue weighted by Crippen LogP contribution is -1.97. The highest BCUT2D eigenvalue weighted by Crippen LogP contribution is 2.22. The first-order valence-corrected chi connectivity index (χ1v) is 7.61. The molecule has 0 spiro atoms. The topological polar surface area (TPSA) is 52.3 Å². The second-order valence-corrected chi connectivity index (χ2v) is 5.72. The highest BCUT2D eigenvalue weighted by molar-refractivity contribution is 7.98. The molecule has 0 aliphatic rings. The van der Waals surface area contributed by atoms with Gasteiger partial charge in [-0.05, 0) is 37.6 Å². The van der Waals surface area contributed by atoms with Crippen molar-refractivity contribution in [2.24, 2.45) is 0 Å². The zero-order chi connectivity index (χ0) is 14.8. The summed E-state index contributed by atoms with van der Waals surface area (Å²) >= 11 is 1.60. The van der Waals surface area contributed by atoms with E-state index in [1.54, 1.807) is 23.4 Å². The number of nitrogens with zero attached hydrogens (tertiary/aromatic N) is 4. The molecule has 0 saturated carbocycles. The Morgan fingerprint density at radius 2 is 1.90 bits per heavy atom. The van der Waals surface area contributed by atoms with Crippen molar-refractivity contribution in [2.45, 2.75) is 24.8 Å². The van der Waals surface area contributed by atoms with E-state index in [4.69, 9.17) is 4.74 Å². The van der Waals surface area contributed by atoms with Gasteiger partial charge in [-0.1, -0.05) is 23.9 Å². The predicted molar refractivity (Wildman–Crippen MR) is 82.8 cm³/mol. The Hall–Kier alpha value is -2.08. The summed E-state index contributed by atoms with van der Waals surface area (Å²) in [7, 11) is 1.67. The maximum Gasteiger partial charge on any atom is 0.253 e. The summed E-state index contributed by atoms with van der Waals surface area (Å²) in [5.41, 5.74) is 3.21. The van der Waals surface area contributed by atoms with Gasteiger partial charge in [0.2, 0.25) is 5.16 Å². The Morgan fingerprint density at radius 1 is 1.14 bits per heavy atom. The van der Waals surface area contributed by atoms with Crippen molar-refractivity contribution in [3.8, 4) is 5.75 Å². The number of ether oxygens (including phenoxy) is 1. The van der Waals surface area contributed by atoms with Crippen LogP contribution in [0, 0.1) is 13.8 Å². The molecule has 2 heterocycles. The first-order chi connectivity index (χ1) is 10.2. The highest BCUT2D eigenvalue weighted by atomic mass is 32.2. The molecule has 5 nitrogen and oxygen atoms in total. The van der Waals surface area contributed by atoms with E-state index in [1.165, 1.54) is 5.56 Å². The minimum atomic E-state index is 0.657. The van der Waals surface area contributed by atoms with Crippen LogP contribution in [0.2, 0.25) is 0 Å². The average Bonchev–Trinajstić information content (AvgIpc) is 2.89. The average molecular weight is 300 g/mol. The van der Waals surface area contributed by atoms with E-state index < -0.39 is 0 Å². The van der Waals surface area contributed by atoms with Gasteiger partial charge in [-0.2, -0.15) is 4.98 Å². The number of benzene rings is 1. The molecule has 0 atom stereocenters. The van der Waals surface area contributed by atoms with Gasteiger partial charge in [-0.15, -0.1) is 5.10 Å². The Bertz CT molecular complexity index is 767. The highest BCUT2D eigenvalue weighted by Gasteiger charge is 2.08. The lowest BCUT2D eigenvalue weighted by atomic mass is 10.2. The second-order valence-electron chi connectivity index (χ2n) is 4.78. The van der Waals surface area contributed by atoms with E-state index in [9.17, 15) is 0 Å². The smallest absolute Gasteiger partial charge is 0.253 e. The third-order valence-corrected chi connectivity index (χ3v) is 4.03. The van der Waals surface area contributed by atoms with Crippen LogP contribution in [-0.4, -0.2) is 26.7 Å². The van der Waals surface area contributed by atoms with Gasteiger partial charge in [0.1, 0.15) is 5.75 Å². The Labute approximate surface area is 127 Å². The zero-order valence-electron chi connectivity index (χ0n) is 12.2. The number of hydrogen-bond acceptors (Lipinski definition) is 5. The summed E-state index contributed by atoms with van der Waals surface area (Å²) in [5, 5.41) is 5.23. The van der Waals surface area contributed by atoms with Crippen molar-refractivity contribution in [2.75, 3.05) is 7.11 Å². The van der Waals surface area contributed by atoms with E-state index in [-0.39, 0.29) is 0 Å². The molecule has 0 unspecified atom stereocenters. The standard InChI is InChI=1S/C15H16N4OS/c1-10-8-11(2)19-14(16-10)17-15(18-19)21-9-12-4-6-13(20-3)7-5-12/h4-8H,9H2,1-3H3. The molecule has 3 aromatic rings. The first kappa shape index (κ1) is 13.9. The fourth-order valence-corrected chi connectivity index (χ4v) is 2.85. The molecule has 0 radical (unpaired) electrons. The lowest BCUT2D eigenvalue weighted by Gasteiger charge is -2.01. The van der Waals surface area contributed by atoms with Crippen molar-refractivity contribution in [3.05, 3.63) is 47.3 Å². The molecular formula is C15H16N4OS. The largest absolute Gasteiger partial charge is 0.497 e. The second kappa shape index (κ2) is 5.73. The Morgan fingerprint density at radius 3 is 2.62 bits per heavy atom. The van der Waals surface area contributed by atoms with Crippen LogP contribution >= 0.6 is 11.8 Å². The molecule has 3 rings (SSSR count). The van der Waals surface area contributed by atoms with Crippen LogP contribution in [0.3, 0.4) is 0 Å². The number of fused-ring (bicyclic) bond motifs is 1. The minimum absolute atomic E-state index is 0.657. The number of hydrogen-bond donors (Lipinski definition) is 0. The maximum atomic E-state index is 5.15. The fourth-order valence-electron chi connectivity index (χ4n) is 2.08. The van der Waals surface area contributed by atoms with Gasteiger partial charge >= 0.3 is 0 Å². The normalized spacial score (nSPS) is 11.0. The molecule has 21 heavy (non-hydrogen) atoms. The van der Waals surface area contributed by atoms with Crippen molar-refractivity contribution in [1.29, 1.82) is 0 Å². The van der Waals surface area contributed by atoms with Gasteiger partial charge in [0.05, 0.1) is 7.11 Å². The fraction of sp³-hybridized carbons (Fsp3) is 0.267. The SMILES string of the molecule is COc1ccc(CSc2nc3nc(C)cc(C)n3n2)cc1. The molecule has 108 valence electrons. The van der Waals surface area contributed by atoms with Gasteiger partial charge in [-0.25, -0.2) is 9.50 Å². The molecule has 2 aromatic heterocycles. The Kier molecular flexibility index (Phi) is 3.79. The van der Waals surface area contributed by atoms with Crippen molar-refractivity contribution >= 4 is 17.5 Å². The number of rotatable bonds is 4. The molecule has 0 saturated heterocycles. The van der Waals surface area contributed by atoms with Crippen LogP contribution in [0.4, 0.5) is 0 Å². The summed E-state index contributed by atoms with van der Waals surface area (Å²) in [5.74, 6) is 2.34. The van der Waals surface area contributed by atoms with E-state index in [2.05, 4.69) is 27.2 Å². The molecule has 0 aliphatic heterocycles. The summed E-state index contributed by atoms with van der Waals surface area (Å²) in [6.45, 7) is 3.97. The molecule has 0 amide bonds. The van der Waals surface area contributed by atoms with Crippen LogP contribution < -0.4 is 4.74 Å². The van der Waals surface area contributed by atoms with E-state index >= 15 is 0 Å². The number of methoxy groups -OCH3 is 1. The van der Waals surface area contributed by atoms with Gasteiger partial charge in [-0.3, -0.25) is 0 Å². The third kappa shape index (κ3) is 3.00. The van der Waals surface area contributed by atoms with Gasteiger partial charge in [0.25, 0.3) is 5.78 Å². The third-order valence-electron chi connectivity index (χ3n) is 3.13. The van der Waals surface area contributed by atoms with Crippen LogP contribution in [0.5, 0.6) is 5.75 Å². The quantitative estimate of drug-likeness (QED) is 0.693. The number of aromatic nitrogens is 4. The molecule has 0 fully saturated rings. The number of aryl methyl sites for hydroxylation is 2. The first-order valence-electron chi connectivity index (χ1n) is 6.62. The molecule has 0 aliphatic carbocycles. The molecule has 0 bridgehead atoms. The van der Waals surface area contributed by atoms with Crippen molar-refractivity contribution in [1.82, 2.24) is 19.6 Å². The van der Waals surface area contributed by atoms with E-state index in [1.807, 2.05) is 32.0 Å². The lowest BCUT2D eigenvalue weighted by molar-refractivity contribution is 0.414. The Balaban J connectivity index is 1.77. The van der Waals surface area contributed by atoms with Crippen LogP contribution in [0.25, 0.3) is 5.78 Å².